The zero-order chi connectivity index (χ0) is 8.04. The number of alkyl halides is 1. The lowest BCUT2D eigenvalue weighted by Gasteiger charge is -2.12. The molecule has 0 spiro atoms. The molecule has 4 heteroatoms. The van der Waals surface area contributed by atoms with Crippen molar-refractivity contribution in [3.63, 3.8) is 0 Å². The zero-order valence-electron chi connectivity index (χ0n) is 6.47. The summed E-state index contributed by atoms with van der Waals surface area (Å²) in [6.45, 7) is 4.37. The molecule has 62 valence electrons. The second-order valence-corrected chi connectivity index (χ2v) is 5.56. The van der Waals surface area contributed by atoms with Crippen molar-refractivity contribution in [1.82, 2.24) is 0 Å². The molecule has 0 radical (unpaired) electrons. The van der Waals surface area contributed by atoms with Gasteiger partial charge in [-0.25, -0.2) is 0 Å². The predicted molar refractivity (Wildman–Crippen MR) is 45.1 cm³/mol. The van der Waals surface area contributed by atoms with Crippen LogP contribution in [-0.2, 0) is 9.09 Å². The third-order valence-corrected chi connectivity index (χ3v) is 4.27. The van der Waals surface area contributed by atoms with E-state index in [0.717, 1.165) is 6.42 Å². The third kappa shape index (κ3) is 3.60. The highest BCUT2D eigenvalue weighted by molar-refractivity contribution is 7.60. The molecule has 0 aliphatic carbocycles. The van der Waals surface area contributed by atoms with Crippen LogP contribution in [0.5, 0.6) is 0 Å². The van der Waals surface area contributed by atoms with E-state index in [1.54, 1.807) is 0 Å². The van der Waals surface area contributed by atoms with Gasteiger partial charge in [0.1, 0.15) is 0 Å². The Kier molecular flexibility index (Phi) is 5.42. The zero-order valence-corrected chi connectivity index (χ0v) is 8.12. The van der Waals surface area contributed by atoms with Crippen LogP contribution < -0.4 is 0 Å². The molecule has 0 aliphatic rings. The fourth-order valence-corrected chi connectivity index (χ4v) is 2.12. The van der Waals surface area contributed by atoms with Crippen molar-refractivity contribution in [2.45, 2.75) is 20.3 Å². The van der Waals surface area contributed by atoms with Crippen molar-refractivity contribution < 1.29 is 9.09 Å². The van der Waals surface area contributed by atoms with Gasteiger partial charge < -0.3 is 4.52 Å². The second kappa shape index (κ2) is 5.17. The molecule has 1 atom stereocenters. The summed E-state index contributed by atoms with van der Waals surface area (Å²) in [5.41, 5.74) is 0.142. The molecule has 10 heavy (non-hydrogen) atoms. The molecule has 0 aliphatic heterocycles. The third-order valence-electron chi connectivity index (χ3n) is 1.19. The minimum absolute atomic E-state index is 0.142. The fourth-order valence-electron chi connectivity index (χ4n) is 0.468. The molecule has 0 saturated heterocycles. The Morgan fingerprint density at radius 1 is 1.50 bits per heavy atom. The van der Waals surface area contributed by atoms with Crippen molar-refractivity contribution in [2.75, 3.05) is 18.4 Å². The van der Waals surface area contributed by atoms with E-state index in [-0.39, 0.29) is 5.62 Å². The number of hydrogen-bond acceptors (Lipinski definition) is 2. The first kappa shape index (κ1) is 10.5. The average Bonchev–Trinajstić information content (AvgIpc) is 2.00. The first-order chi connectivity index (χ1) is 4.68. The number of halogens is 1. The van der Waals surface area contributed by atoms with Gasteiger partial charge in [0.2, 0.25) is 7.37 Å². The van der Waals surface area contributed by atoms with Crippen molar-refractivity contribution in [1.29, 1.82) is 0 Å². The summed E-state index contributed by atoms with van der Waals surface area (Å²) in [7, 11) is -2.43. The lowest BCUT2D eigenvalue weighted by Crippen LogP contribution is -1.95. The lowest BCUT2D eigenvalue weighted by molar-refractivity contribution is 0.316. The van der Waals surface area contributed by atoms with E-state index < -0.39 is 7.37 Å². The largest absolute Gasteiger partial charge is 0.328 e. The van der Waals surface area contributed by atoms with E-state index in [9.17, 15) is 4.57 Å². The highest BCUT2D eigenvalue weighted by Gasteiger charge is 2.17. The van der Waals surface area contributed by atoms with Gasteiger partial charge in [-0.1, -0.05) is 13.8 Å². The highest BCUT2D eigenvalue weighted by atomic mass is 35.5. The minimum atomic E-state index is -2.43. The molecule has 0 rings (SSSR count). The first-order valence-electron chi connectivity index (χ1n) is 3.47. The Morgan fingerprint density at radius 3 is 2.40 bits per heavy atom. The maximum absolute atomic E-state index is 11.4. The first-order valence-corrected chi connectivity index (χ1v) is 6.00. The topological polar surface area (TPSA) is 26.3 Å². The summed E-state index contributed by atoms with van der Waals surface area (Å²) in [6.07, 6.45) is 1.43. The molecule has 0 saturated carbocycles. The summed E-state index contributed by atoms with van der Waals surface area (Å²) < 4.78 is 16.5. The standard InChI is InChI=1S/C6H14ClO2P/c1-3-5-9-10(8,4-2)6-7/h3-6H2,1-2H3/t10-/m1/s1. The monoisotopic (exact) mass is 184 g/mol. The summed E-state index contributed by atoms with van der Waals surface area (Å²) in [5, 5.41) is 0. The minimum Gasteiger partial charge on any atom is -0.328 e. The molecule has 0 fully saturated rings. The van der Waals surface area contributed by atoms with E-state index in [1.807, 2.05) is 13.8 Å². The Hall–Kier alpha value is 0.480. The molecular weight excluding hydrogens is 170 g/mol. The Balaban J connectivity index is 3.70. The van der Waals surface area contributed by atoms with Crippen LogP contribution in [0.3, 0.4) is 0 Å². The van der Waals surface area contributed by atoms with Gasteiger partial charge in [-0.15, -0.1) is 11.6 Å². The van der Waals surface area contributed by atoms with Crippen LogP contribution in [0, 0.1) is 0 Å². The molecule has 2 nitrogen and oxygen atoms in total. The molecule has 0 N–H and O–H groups in total. The van der Waals surface area contributed by atoms with E-state index in [2.05, 4.69) is 0 Å². The van der Waals surface area contributed by atoms with Crippen LogP contribution in [0.4, 0.5) is 0 Å². The normalized spacial score (nSPS) is 16.7. The fraction of sp³-hybridized carbons (Fsp3) is 1.00. The molecule has 0 unspecified atom stereocenters. The van der Waals surface area contributed by atoms with Gasteiger partial charge in [-0.05, 0) is 6.42 Å². The summed E-state index contributed by atoms with van der Waals surface area (Å²) in [5.74, 6) is 0. The van der Waals surface area contributed by atoms with Gasteiger partial charge in [0.05, 0.1) is 12.2 Å². The van der Waals surface area contributed by atoms with E-state index in [1.165, 1.54) is 0 Å². The van der Waals surface area contributed by atoms with Crippen LogP contribution in [0.15, 0.2) is 0 Å². The smallest absolute Gasteiger partial charge is 0.217 e. The van der Waals surface area contributed by atoms with E-state index in [0.29, 0.717) is 12.8 Å². The second-order valence-electron chi connectivity index (χ2n) is 2.08. The highest BCUT2D eigenvalue weighted by Crippen LogP contribution is 2.47. The van der Waals surface area contributed by atoms with Gasteiger partial charge in [0.15, 0.2) is 0 Å². The van der Waals surface area contributed by atoms with Crippen molar-refractivity contribution >= 4 is 19.0 Å². The summed E-state index contributed by atoms with van der Waals surface area (Å²) >= 11 is 5.46. The van der Waals surface area contributed by atoms with E-state index >= 15 is 0 Å². The SMILES string of the molecule is CCCO[P@](=O)(CC)CCl. The van der Waals surface area contributed by atoms with Crippen molar-refractivity contribution in [2.24, 2.45) is 0 Å². The molecular formula is C6H14ClO2P. The molecule has 0 amide bonds. The molecule has 0 aromatic heterocycles. The summed E-state index contributed by atoms with van der Waals surface area (Å²) in [6, 6.07) is 0. The van der Waals surface area contributed by atoms with Crippen molar-refractivity contribution in [3.05, 3.63) is 0 Å². The maximum atomic E-state index is 11.4. The van der Waals surface area contributed by atoms with Crippen LogP contribution in [-0.4, -0.2) is 18.4 Å². The summed E-state index contributed by atoms with van der Waals surface area (Å²) in [4.78, 5) is 0. The van der Waals surface area contributed by atoms with Crippen LogP contribution in [0.25, 0.3) is 0 Å². The molecule has 0 bridgehead atoms. The average molecular weight is 185 g/mol. The molecule has 0 aromatic rings. The Labute approximate surface area is 67.4 Å². The van der Waals surface area contributed by atoms with Crippen LogP contribution >= 0.6 is 19.0 Å². The maximum Gasteiger partial charge on any atom is 0.217 e. The number of hydrogen-bond donors (Lipinski definition) is 0. The van der Waals surface area contributed by atoms with Crippen LogP contribution in [0.2, 0.25) is 0 Å². The van der Waals surface area contributed by atoms with E-state index in [4.69, 9.17) is 16.1 Å². The Morgan fingerprint density at radius 2 is 2.10 bits per heavy atom. The van der Waals surface area contributed by atoms with Gasteiger partial charge >= 0.3 is 0 Å². The molecule has 0 heterocycles. The van der Waals surface area contributed by atoms with Crippen LogP contribution in [0.1, 0.15) is 20.3 Å². The predicted octanol–water partition coefficient (Wildman–Crippen LogP) is 2.91. The van der Waals surface area contributed by atoms with Gasteiger partial charge in [0.25, 0.3) is 0 Å². The van der Waals surface area contributed by atoms with Gasteiger partial charge in [-0.3, -0.25) is 4.57 Å². The molecule has 0 aromatic carbocycles. The van der Waals surface area contributed by atoms with Crippen molar-refractivity contribution in [3.8, 4) is 0 Å². The number of rotatable bonds is 5. The lowest BCUT2D eigenvalue weighted by atomic mass is 10.5. The quantitative estimate of drug-likeness (QED) is 0.485. The van der Waals surface area contributed by atoms with Gasteiger partial charge in [-0.2, -0.15) is 0 Å². The Bertz CT molecular complexity index is 119. The van der Waals surface area contributed by atoms with Gasteiger partial charge in [0, 0.05) is 6.16 Å².